The fourth-order valence-corrected chi connectivity index (χ4v) is 5.46. The summed E-state index contributed by atoms with van der Waals surface area (Å²) in [5.74, 6) is 0.868. The van der Waals surface area contributed by atoms with Gasteiger partial charge in [-0.3, -0.25) is 0 Å². The quantitative estimate of drug-likeness (QED) is 0.219. The maximum absolute atomic E-state index is 5.36. The van der Waals surface area contributed by atoms with E-state index < -0.39 is 0 Å². The molecular weight excluding hydrogens is 556 g/mol. The van der Waals surface area contributed by atoms with Crippen LogP contribution in [0.3, 0.4) is 0 Å². The van der Waals surface area contributed by atoms with Crippen LogP contribution in [0.1, 0.15) is 28.8 Å². The second-order valence-corrected chi connectivity index (χ2v) is 9.94. The summed E-state index contributed by atoms with van der Waals surface area (Å²) in [6, 6.07) is 40.8. The van der Waals surface area contributed by atoms with E-state index in [0.29, 0.717) is 0 Å². The van der Waals surface area contributed by atoms with Crippen LogP contribution in [0.5, 0.6) is 5.75 Å². The zero-order chi connectivity index (χ0) is 26.4. The molecule has 0 saturated heterocycles. The van der Waals surface area contributed by atoms with Gasteiger partial charge in [0, 0.05) is 40.5 Å². The van der Waals surface area contributed by atoms with E-state index in [2.05, 4.69) is 131 Å². The van der Waals surface area contributed by atoms with E-state index in [1.54, 1.807) is 7.11 Å². The predicted molar refractivity (Wildman–Crippen MR) is 162 cm³/mol. The molecule has 6 aromatic rings. The van der Waals surface area contributed by atoms with Crippen molar-refractivity contribution in [2.75, 3.05) is 7.11 Å². The fraction of sp³-hybridized carbons (Fsp3) is 0.139. The van der Waals surface area contributed by atoms with E-state index in [-0.39, 0.29) is 17.0 Å². The summed E-state index contributed by atoms with van der Waals surface area (Å²) in [4.78, 5) is 0. The van der Waals surface area contributed by atoms with Crippen LogP contribution in [0, 0.1) is 0 Å². The first-order valence-corrected chi connectivity index (χ1v) is 13.6. The molecule has 0 aliphatic rings. The lowest BCUT2D eigenvalue weighted by Crippen LogP contribution is -3.00. The molecule has 0 saturated carbocycles. The van der Waals surface area contributed by atoms with Crippen molar-refractivity contribution >= 4 is 34.0 Å². The largest absolute Gasteiger partial charge is 1.00 e. The highest BCUT2D eigenvalue weighted by Crippen LogP contribution is 2.31. The van der Waals surface area contributed by atoms with Gasteiger partial charge in [-0.05, 0) is 48.2 Å². The zero-order valence-electron chi connectivity index (χ0n) is 22.7. The first-order chi connectivity index (χ1) is 19.3. The van der Waals surface area contributed by atoms with Crippen LogP contribution in [0.2, 0.25) is 0 Å². The summed E-state index contributed by atoms with van der Waals surface area (Å²) in [5, 5.41) is 2.60. The Balaban J connectivity index is 0.00000323. The highest BCUT2D eigenvalue weighted by atomic mass is 79.9. The van der Waals surface area contributed by atoms with Crippen molar-refractivity contribution in [2.45, 2.75) is 25.9 Å². The average Bonchev–Trinajstić information content (AvgIpc) is 3.31. The molecular formula is C36H33BrN2O. The van der Waals surface area contributed by atoms with Crippen LogP contribution in [-0.4, -0.2) is 11.7 Å². The van der Waals surface area contributed by atoms with Crippen LogP contribution < -0.4 is 26.3 Å². The van der Waals surface area contributed by atoms with Gasteiger partial charge in [0.05, 0.1) is 7.11 Å². The van der Waals surface area contributed by atoms with E-state index in [1.807, 2.05) is 12.1 Å². The molecule has 0 aliphatic carbocycles. The molecule has 0 N–H and O–H groups in total. The maximum atomic E-state index is 5.36. The van der Waals surface area contributed by atoms with Crippen LogP contribution >= 0.6 is 0 Å². The summed E-state index contributed by atoms with van der Waals surface area (Å²) in [7, 11) is 1.70. The van der Waals surface area contributed by atoms with Gasteiger partial charge in [0.1, 0.15) is 11.3 Å². The van der Waals surface area contributed by atoms with Gasteiger partial charge in [-0.15, -0.1) is 0 Å². The van der Waals surface area contributed by atoms with Crippen molar-refractivity contribution in [1.29, 1.82) is 0 Å². The number of halogens is 1. The maximum Gasteiger partial charge on any atom is 0.230 e. The summed E-state index contributed by atoms with van der Waals surface area (Å²) in [6.07, 6.45) is 8.86. The van der Waals surface area contributed by atoms with Gasteiger partial charge in [0.25, 0.3) is 0 Å². The van der Waals surface area contributed by atoms with E-state index >= 15 is 0 Å². The molecule has 0 amide bonds. The summed E-state index contributed by atoms with van der Waals surface area (Å²) >= 11 is 0. The second-order valence-electron chi connectivity index (χ2n) is 9.94. The van der Waals surface area contributed by atoms with Crippen molar-refractivity contribution in [3.8, 4) is 5.75 Å². The standard InChI is InChI=1S/C36H33N2O.BrH/c1-39-31-21-18-29(19-22-31)20-23-35-36-33(24-26-37(35)27-30-13-6-3-7-14-30)32-16-8-9-17-34(32)38(36)25-10-15-28-11-4-2-5-12-28;/h2-9,11-14,16-24,26H,10,15,25,27H2,1H3;1H/q+1;/p-1. The van der Waals surface area contributed by atoms with Crippen molar-refractivity contribution in [3.05, 3.63) is 144 Å². The van der Waals surface area contributed by atoms with Gasteiger partial charge in [0.15, 0.2) is 12.7 Å². The number of hydrogen-bond acceptors (Lipinski definition) is 1. The summed E-state index contributed by atoms with van der Waals surface area (Å²) in [5.41, 5.74) is 7.60. The van der Waals surface area contributed by atoms with Crippen LogP contribution in [0.4, 0.5) is 0 Å². The first-order valence-electron chi connectivity index (χ1n) is 13.6. The lowest BCUT2D eigenvalue weighted by Gasteiger charge is -2.10. The second kappa shape index (κ2) is 12.8. The molecule has 0 spiro atoms. The van der Waals surface area contributed by atoms with E-state index in [4.69, 9.17) is 4.74 Å². The van der Waals surface area contributed by atoms with Gasteiger partial charge in [-0.25, -0.2) is 0 Å². The van der Waals surface area contributed by atoms with Crippen molar-refractivity contribution in [1.82, 2.24) is 4.57 Å². The van der Waals surface area contributed by atoms with Gasteiger partial charge >= 0.3 is 0 Å². The Morgan fingerprint density at radius 2 is 1.38 bits per heavy atom. The number of benzene rings is 4. The normalized spacial score (nSPS) is 11.2. The van der Waals surface area contributed by atoms with E-state index in [9.17, 15) is 0 Å². The zero-order valence-corrected chi connectivity index (χ0v) is 24.3. The van der Waals surface area contributed by atoms with Crippen LogP contribution in [-0.2, 0) is 19.5 Å². The van der Waals surface area contributed by atoms with Gasteiger partial charge in [-0.1, -0.05) is 91.0 Å². The van der Waals surface area contributed by atoms with Crippen molar-refractivity contribution in [2.24, 2.45) is 0 Å². The van der Waals surface area contributed by atoms with E-state index in [0.717, 1.165) is 37.2 Å². The monoisotopic (exact) mass is 588 g/mol. The first kappa shape index (κ1) is 27.4. The highest BCUT2D eigenvalue weighted by Gasteiger charge is 2.21. The number of para-hydroxylation sites is 1. The molecule has 0 fully saturated rings. The minimum Gasteiger partial charge on any atom is -1.00 e. The number of nitrogens with zero attached hydrogens (tertiary/aromatic N) is 2. The number of hydrogen-bond donors (Lipinski definition) is 0. The minimum absolute atomic E-state index is 0. The number of fused-ring (bicyclic) bond motifs is 3. The van der Waals surface area contributed by atoms with Gasteiger partial charge in [0.2, 0.25) is 5.69 Å². The molecule has 0 unspecified atom stereocenters. The molecule has 200 valence electrons. The minimum atomic E-state index is 0. The fourth-order valence-electron chi connectivity index (χ4n) is 5.46. The van der Waals surface area contributed by atoms with Crippen molar-refractivity contribution < 1.29 is 26.3 Å². The molecule has 6 rings (SSSR count). The Hall–Kier alpha value is -4.15. The lowest BCUT2D eigenvalue weighted by atomic mass is 10.1. The Bertz CT molecular complexity index is 1720. The SMILES string of the molecule is COc1ccc(C=Cc2c3c(cc[n+]2Cc2ccccc2)c2ccccc2n3CCCc2ccccc2)cc1.[Br-]. The predicted octanol–water partition coefficient (Wildman–Crippen LogP) is 4.95. The lowest BCUT2D eigenvalue weighted by molar-refractivity contribution is -0.688. The molecule has 2 heterocycles. The molecule has 40 heavy (non-hydrogen) atoms. The molecule has 4 aromatic carbocycles. The Labute approximate surface area is 246 Å². The highest BCUT2D eigenvalue weighted by molar-refractivity contribution is 6.09. The summed E-state index contributed by atoms with van der Waals surface area (Å²) < 4.78 is 10.3. The number of methoxy groups -OCH3 is 1. The van der Waals surface area contributed by atoms with Gasteiger partial charge in [-0.2, -0.15) is 4.57 Å². The number of aryl methyl sites for hydroxylation is 2. The van der Waals surface area contributed by atoms with Gasteiger partial charge < -0.3 is 26.3 Å². The number of aromatic nitrogens is 2. The van der Waals surface area contributed by atoms with E-state index in [1.165, 1.54) is 38.6 Å². The van der Waals surface area contributed by atoms with Crippen molar-refractivity contribution in [3.63, 3.8) is 0 Å². The smallest absolute Gasteiger partial charge is 0.230 e. The molecule has 2 aromatic heterocycles. The molecule has 4 heteroatoms. The number of ether oxygens (including phenoxy) is 1. The molecule has 3 nitrogen and oxygen atoms in total. The topological polar surface area (TPSA) is 18.0 Å². The number of pyridine rings is 1. The third-order valence-corrected chi connectivity index (χ3v) is 7.42. The molecule has 0 radical (unpaired) electrons. The molecule has 0 bridgehead atoms. The van der Waals surface area contributed by atoms with Crippen LogP contribution in [0.15, 0.2) is 121 Å². The Morgan fingerprint density at radius 3 is 2.10 bits per heavy atom. The average molecular weight is 590 g/mol. The third kappa shape index (κ3) is 5.88. The van der Waals surface area contributed by atoms with Crippen LogP contribution in [0.25, 0.3) is 34.0 Å². The Morgan fingerprint density at radius 1 is 0.700 bits per heavy atom. The Kier molecular flexibility index (Phi) is 8.78. The number of rotatable bonds is 9. The summed E-state index contributed by atoms with van der Waals surface area (Å²) in [6.45, 7) is 1.77. The molecule has 0 atom stereocenters. The molecule has 0 aliphatic heterocycles. The third-order valence-electron chi connectivity index (χ3n) is 7.42.